The molecule has 0 saturated carbocycles. The number of carbonyl (C=O) groups excluding carboxylic acids is 1. The molecule has 0 radical (unpaired) electrons. The maximum atomic E-state index is 12.7. The van der Waals surface area contributed by atoms with Crippen LogP contribution in [-0.2, 0) is 0 Å². The van der Waals surface area contributed by atoms with Gasteiger partial charge in [-0.1, -0.05) is 13.8 Å². The molecule has 1 heterocycles. The Morgan fingerprint density at radius 3 is 2.41 bits per heavy atom. The summed E-state index contributed by atoms with van der Waals surface area (Å²) in [6.45, 7) is 9.33. The van der Waals surface area contributed by atoms with E-state index in [1.807, 2.05) is 19.9 Å². The van der Waals surface area contributed by atoms with Crippen molar-refractivity contribution in [3.63, 3.8) is 0 Å². The summed E-state index contributed by atoms with van der Waals surface area (Å²) in [6.07, 6.45) is 0. The summed E-state index contributed by atoms with van der Waals surface area (Å²) in [7, 11) is 1.69. The van der Waals surface area contributed by atoms with Crippen LogP contribution in [0.25, 0.3) is 0 Å². The van der Waals surface area contributed by atoms with Gasteiger partial charge in [-0.15, -0.1) is 0 Å². The number of hydrogen-bond acceptors (Lipinski definition) is 4. The van der Waals surface area contributed by atoms with Crippen molar-refractivity contribution in [2.24, 2.45) is 0 Å². The minimum absolute atomic E-state index is 0.130. The van der Waals surface area contributed by atoms with E-state index in [9.17, 15) is 4.79 Å². The lowest BCUT2D eigenvalue weighted by molar-refractivity contribution is 0.0938. The summed E-state index contributed by atoms with van der Waals surface area (Å²) in [5.74, 6) is 2.38. The van der Waals surface area contributed by atoms with E-state index in [0.29, 0.717) is 36.2 Å². The van der Waals surface area contributed by atoms with Crippen molar-refractivity contribution in [1.29, 1.82) is 0 Å². The molecule has 2 aromatic rings. The lowest BCUT2D eigenvalue weighted by Gasteiger charge is -2.22. The van der Waals surface area contributed by atoms with Gasteiger partial charge in [-0.05, 0) is 66.8 Å². The van der Waals surface area contributed by atoms with Crippen molar-refractivity contribution in [3.8, 4) is 17.2 Å². The van der Waals surface area contributed by atoms with E-state index in [4.69, 9.17) is 14.2 Å². The second-order valence-electron chi connectivity index (χ2n) is 7.16. The van der Waals surface area contributed by atoms with Crippen LogP contribution >= 0.6 is 0 Å². The number of amides is 1. The predicted molar refractivity (Wildman–Crippen MR) is 105 cm³/mol. The molecule has 1 aliphatic heterocycles. The van der Waals surface area contributed by atoms with Crippen LogP contribution < -0.4 is 19.5 Å². The van der Waals surface area contributed by atoms with Gasteiger partial charge in [0, 0.05) is 5.56 Å². The van der Waals surface area contributed by atoms with Gasteiger partial charge in [0.15, 0.2) is 11.5 Å². The topological polar surface area (TPSA) is 56.8 Å². The maximum absolute atomic E-state index is 12.7. The molecule has 0 saturated heterocycles. The number of carbonyl (C=O) groups is 1. The van der Waals surface area contributed by atoms with E-state index < -0.39 is 0 Å². The molecule has 0 unspecified atom stereocenters. The molecule has 27 heavy (non-hydrogen) atoms. The van der Waals surface area contributed by atoms with E-state index in [0.717, 1.165) is 22.4 Å². The first-order valence-electron chi connectivity index (χ1n) is 9.29. The van der Waals surface area contributed by atoms with Gasteiger partial charge in [0.25, 0.3) is 5.91 Å². The molecule has 1 aliphatic rings. The third-order valence-corrected chi connectivity index (χ3v) is 4.86. The molecule has 0 aliphatic carbocycles. The van der Waals surface area contributed by atoms with Gasteiger partial charge in [-0.2, -0.15) is 0 Å². The Morgan fingerprint density at radius 2 is 1.74 bits per heavy atom. The van der Waals surface area contributed by atoms with E-state index in [2.05, 4.69) is 25.2 Å². The summed E-state index contributed by atoms with van der Waals surface area (Å²) in [6, 6.07) is 9.32. The molecule has 1 N–H and O–H groups in total. The van der Waals surface area contributed by atoms with Crippen molar-refractivity contribution >= 4 is 5.91 Å². The second kappa shape index (κ2) is 7.91. The van der Waals surface area contributed by atoms with Crippen molar-refractivity contribution in [2.75, 3.05) is 20.3 Å². The van der Waals surface area contributed by atoms with Crippen LogP contribution in [0.2, 0.25) is 0 Å². The fourth-order valence-electron chi connectivity index (χ4n) is 3.35. The quantitative estimate of drug-likeness (QED) is 0.849. The van der Waals surface area contributed by atoms with Crippen molar-refractivity contribution < 1.29 is 19.0 Å². The van der Waals surface area contributed by atoms with Crippen LogP contribution in [0.15, 0.2) is 30.3 Å². The average molecular weight is 369 g/mol. The van der Waals surface area contributed by atoms with Crippen LogP contribution in [0.5, 0.6) is 17.2 Å². The molecule has 1 amide bonds. The third-order valence-electron chi connectivity index (χ3n) is 4.86. The standard InChI is InChI=1S/C22H27NO4/c1-13(2)17-12-18(14(3)10-20(17)25-5)15(4)23-22(24)16-6-7-19-21(11-16)27-9-8-26-19/h6-7,10-13,15H,8-9H2,1-5H3,(H,23,24)/t15-/m0/s1. The normalized spacial score (nSPS) is 14.0. The molecule has 0 fully saturated rings. The Bertz CT molecular complexity index is 844. The summed E-state index contributed by atoms with van der Waals surface area (Å²) < 4.78 is 16.6. The molecular weight excluding hydrogens is 342 g/mol. The number of benzene rings is 2. The number of hydrogen-bond donors (Lipinski definition) is 1. The number of methoxy groups -OCH3 is 1. The predicted octanol–water partition coefficient (Wildman–Crippen LogP) is 4.39. The molecule has 144 valence electrons. The molecule has 0 spiro atoms. The van der Waals surface area contributed by atoms with Crippen molar-refractivity contribution in [1.82, 2.24) is 5.32 Å². The Balaban J connectivity index is 1.81. The molecule has 5 nitrogen and oxygen atoms in total. The highest BCUT2D eigenvalue weighted by Gasteiger charge is 2.19. The maximum Gasteiger partial charge on any atom is 0.251 e. The zero-order valence-electron chi connectivity index (χ0n) is 16.6. The van der Waals surface area contributed by atoms with Gasteiger partial charge in [0.05, 0.1) is 13.2 Å². The minimum atomic E-state index is -0.138. The first-order valence-corrected chi connectivity index (χ1v) is 9.29. The van der Waals surface area contributed by atoms with Gasteiger partial charge in [0.1, 0.15) is 19.0 Å². The second-order valence-corrected chi connectivity index (χ2v) is 7.16. The summed E-state index contributed by atoms with van der Waals surface area (Å²) in [5, 5.41) is 3.09. The molecule has 5 heteroatoms. The number of rotatable bonds is 5. The van der Waals surface area contributed by atoms with Gasteiger partial charge in [-0.3, -0.25) is 4.79 Å². The first-order chi connectivity index (χ1) is 12.9. The third kappa shape index (κ3) is 4.02. The number of ether oxygens (including phenoxy) is 3. The highest BCUT2D eigenvalue weighted by Crippen LogP contribution is 2.33. The Hall–Kier alpha value is -2.69. The molecule has 1 atom stereocenters. The minimum Gasteiger partial charge on any atom is -0.496 e. The Morgan fingerprint density at radius 1 is 1.04 bits per heavy atom. The summed E-state index contributed by atoms with van der Waals surface area (Å²) in [4.78, 5) is 12.7. The summed E-state index contributed by atoms with van der Waals surface area (Å²) >= 11 is 0. The molecule has 2 aromatic carbocycles. The van der Waals surface area contributed by atoms with Gasteiger partial charge < -0.3 is 19.5 Å². The van der Waals surface area contributed by atoms with Gasteiger partial charge in [0.2, 0.25) is 0 Å². The van der Waals surface area contributed by atoms with E-state index >= 15 is 0 Å². The Labute approximate surface area is 160 Å². The van der Waals surface area contributed by atoms with Crippen LogP contribution in [0.1, 0.15) is 59.8 Å². The number of nitrogens with one attached hydrogen (secondary N) is 1. The highest BCUT2D eigenvalue weighted by atomic mass is 16.6. The van der Waals surface area contributed by atoms with Crippen molar-refractivity contribution in [3.05, 3.63) is 52.6 Å². The lowest BCUT2D eigenvalue weighted by Crippen LogP contribution is -2.27. The molecular formula is C22H27NO4. The largest absolute Gasteiger partial charge is 0.496 e. The number of aryl methyl sites for hydroxylation is 1. The SMILES string of the molecule is COc1cc(C)c([C@H](C)NC(=O)c2ccc3c(c2)OCCO3)cc1C(C)C. The van der Waals surface area contributed by atoms with Crippen LogP contribution in [0, 0.1) is 6.92 Å². The van der Waals surface area contributed by atoms with Crippen LogP contribution in [-0.4, -0.2) is 26.2 Å². The molecule has 0 bridgehead atoms. The van der Waals surface area contributed by atoms with Gasteiger partial charge in [-0.25, -0.2) is 0 Å². The zero-order chi connectivity index (χ0) is 19.6. The first kappa shape index (κ1) is 19.1. The van der Waals surface area contributed by atoms with Crippen LogP contribution in [0.4, 0.5) is 0 Å². The van der Waals surface area contributed by atoms with E-state index in [1.54, 1.807) is 25.3 Å². The smallest absolute Gasteiger partial charge is 0.251 e. The molecule has 3 rings (SSSR count). The number of fused-ring (bicyclic) bond motifs is 1. The van der Waals surface area contributed by atoms with Crippen LogP contribution in [0.3, 0.4) is 0 Å². The fraction of sp³-hybridized carbons (Fsp3) is 0.409. The Kier molecular flexibility index (Phi) is 5.59. The monoisotopic (exact) mass is 369 g/mol. The van der Waals surface area contributed by atoms with E-state index in [1.165, 1.54) is 0 Å². The summed E-state index contributed by atoms with van der Waals surface area (Å²) in [5.41, 5.74) is 3.87. The lowest BCUT2D eigenvalue weighted by atomic mass is 9.93. The fourth-order valence-corrected chi connectivity index (χ4v) is 3.35. The highest BCUT2D eigenvalue weighted by molar-refractivity contribution is 5.95. The molecule has 0 aromatic heterocycles. The average Bonchev–Trinajstić information content (AvgIpc) is 2.66. The van der Waals surface area contributed by atoms with E-state index in [-0.39, 0.29) is 11.9 Å². The van der Waals surface area contributed by atoms with Gasteiger partial charge >= 0.3 is 0 Å². The zero-order valence-corrected chi connectivity index (χ0v) is 16.6. The van der Waals surface area contributed by atoms with Crippen molar-refractivity contribution in [2.45, 2.75) is 39.7 Å².